The molecule has 1 atom stereocenters. The number of hydrogen-bond acceptors (Lipinski definition) is 4. The SMILES string of the molecule is CC(C)(C)OC(=O)N1CCCC(SCc2ccccc2)(C(=O)O)C1. The molecule has 1 aliphatic heterocycles. The summed E-state index contributed by atoms with van der Waals surface area (Å²) in [7, 11) is 0. The molecule has 1 saturated heterocycles. The van der Waals surface area contributed by atoms with Gasteiger partial charge in [0.25, 0.3) is 0 Å². The number of amides is 1. The van der Waals surface area contributed by atoms with Crippen molar-refractivity contribution in [1.82, 2.24) is 4.90 Å². The Morgan fingerprint density at radius 3 is 2.54 bits per heavy atom. The zero-order valence-corrected chi connectivity index (χ0v) is 15.3. The number of carboxylic acid groups (broad SMARTS) is 1. The molecule has 1 N–H and O–H groups in total. The van der Waals surface area contributed by atoms with Crippen LogP contribution in [0.4, 0.5) is 4.79 Å². The minimum atomic E-state index is -0.981. The summed E-state index contributed by atoms with van der Waals surface area (Å²) in [6.07, 6.45) is 0.778. The number of aliphatic carboxylic acids is 1. The van der Waals surface area contributed by atoms with Crippen molar-refractivity contribution in [1.29, 1.82) is 0 Å². The van der Waals surface area contributed by atoms with Gasteiger partial charge in [-0.2, -0.15) is 0 Å². The highest BCUT2D eigenvalue weighted by Crippen LogP contribution is 2.37. The Kier molecular flexibility index (Phi) is 5.80. The minimum absolute atomic E-state index is 0.175. The number of nitrogens with zero attached hydrogens (tertiary/aromatic N) is 1. The average molecular weight is 351 g/mol. The molecule has 0 aliphatic carbocycles. The van der Waals surface area contributed by atoms with E-state index in [-0.39, 0.29) is 6.54 Å². The molecule has 5 nitrogen and oxygen atoms in total. The first kappa shape index (κ1) is 18.6. The summed E-state index contributed by atoms with van der Waals surface area (Å²) in [5.74, 6) is -0.258. The lowest BCUT2D eigenvalue weighted by Gasteiger charge is -2.39. The summed E-state index contributed by atoms with van der Waals surface area (Å²) in [6.45, 7) is 6.14. The molecular formula is C18H25NO4S. The number of ether oxygens (including phenoxy) is 1. The molecule has 0 spiro atoms. The zero-order chi connectivity index (χ0) is 17.8. The van der Waals surface area contributed by atoms with Crippen molar-refractivity contribution in [3.8, 4) is 0 Å². The first-order valence-corrected chi connectivity index (χ1v) is 9.10. The summed E-state index contributed by atoms with van der Waals surface area (Å²) in [5.41, 5.74) is 0.495. The second-order valence-electron chi connectivity index (χ2n) is 7.08. The second kappa shape index (κ2) is 7.47. The van der Waals surface area contributed by atoms with Gasteiger partial charge in [-0.3, -0.25) is 4.79 Å². The molecule has 0 aromatic heterocycles. The maximum absolute atomic E-state index is 12.3. The van der Waals surface area contributed by atoms with E-state index in [1.807, 2.05) is 51.1 Å². The lowest BCUT2D eigenvalue weighted by Crippen LogP contribution is -2.53. The Balaban J connectivity index is 2.08. The smallest absolute Gasteiger partial charge is 0.410 e. The number of thioether (sulfide) groups is 1. The third-order valence-electron chi connectivity index (χ3n) is 3.85. The van der Waals surface area contributed by atoms with Crippen molar-refractivity contribution >= 4 is 23.8 Å². The molecule has 1 aliphatic rings. The van der Waals surface area contributed by atoms with Crippen LogP contribution in [0.5, 0.6) is 0 Å². The van der Waals surface area contributed by atoms with Crippen LogP contribution in [-0.2, 0) is 15.3 Å². The minimum Gasteiger partial charge on any atom is -0.480 e. The van der Waals surface area contributed by atoms with Crippen molar-refractivity contribution in [2.75, 3.05) is 13.1 Å². The fourth-order valence-corrected chi connectivity index (χ4v) is 3.95. The van der Waals surface area contributed by atoms with Gasteiger partial charge in [0.1, 0.15) is 10.3 Å². The summed E-state index contributed by atoms with van der Waals surface area (Å²) in [6, 6.07) is 9.79. The summed E-state index contributed by atoms with van der Waals surface area (Å²) >= 11 is 1.40. The Hall–Kier alpha value is -1.69. The first-order valence-electron chi connectivity index (χ1n) is 8.11. The van der Waals surface area contributed by atoms with Gasteiger partial charge in [0.15, 0.2) is 0 Å². The molecule has 1 aromatic rings. The summed E-state index contributed by atoms with van der Waals surface area (Å²) < 4.78 is 4.42. The summed E-state index contributed by atoms with van der Waals surface area (Å²) in [5, 5.41) is 9.80. The quantitative estimate of drug-likeness (QED) is 0.894. The Morgan fingerprint density at radius 1 is 1.29 bits per heavy atom. The van der Waals surface area contributed by atoms with Gasteiger partial charge in [0, 0.05) is 18.8 Å². The van der Waals surface area contributed by atoms with Crippen LogP contribution >= 0.6 is 11.8 Å². The number of likely N-dealkylation sites (tertiary alicyclic amines) is 1. The average Bonchev–Trinajstić information content (AvgIpc) is 2.52. The van der Waals surface area contributed by atoms with Crippen molar-refractivity contribution in [3.63, 3.8) is 0 Å². The van der Waals surface area contributed by atoms with Crippen LogP contribution in [0.15, 0.2) is 30.3 Å². The fourth-order valence-electron chi connectivity index (χ4n) is 2.65. The first-order chi connectivity index (χ1) is 11.2. The largest absolute Gasteiger partial charge is 0.480 e. The fraction of sp³-hybridized carbons (Fsp3) is 0.556. The molecule has 0 saturated carbocycles. The zero-order valence-electron chi connectivity index (χ0n) is 14.4. The molecule has 132 valence electrons. The molecule has 1 heterocycles. The van der Waals surface area contributed by atoms with Crippen LogP contribution in [-0.4, -0.2) is 45.5 Å². The standard InChI is InChI=1S/C18H25NO4S/c1-17(2,3)23-16(22)19-11-7-10-18(13-19,15(20)21)24-12-14-8-5-4-6-9-14/h4-6,8-9H,7,10-13H2,1-3H3,(H,20,21). The third kappa shape index (κ3) is 4.90. The van der Waals surface area contributed by atoms with Gasteiger partial charge in [-0.25, -0.2) is 4.79 Å². The molecule has 24 heavy (non-hydrogen) atoms. The van der Waals surface area contributed by atoms with E-state index < -0.39 is 22.4 Å². The highest BCUT2D eigenvalue weighted by molar-refractivity contribution is 8.00. The summed E-state index contributed by atoms with van der Waals surface area (Å²) in [4.78, 5) is 25.8. The number of hydrogen-bond donors (Lipinski definition) is 1. The van der Waals surface area contributed by atoms with E-state index in [4.69, 9.17) is 4.74 Å². The number of piperidine rings is 1. The molecular weight excluding hydrogens is 326 g/mol. The lowest BCUT2D eigenvalue weighted by atomic mass is 9.97. The van der Waals surface area contributed by atoms with Gasteiger partial charge in [-0.1, -0.05) is 30.3 Å². The maximum atomic E-state index is 12.3. The van der Waals surface area contributed by atoms with Crippen molar-refractivity contribution in [2.24, 2.45) is 0 Å². The molecule has 2 rings (SSSR count). The van der Waals surface area contributed by atoms with E-state index in [2.05, 4.69) is 0 Å². The van der Waals surface area contributed by atoms with Gasteiger partial charge in [0.2, 0.25) is 0 Å². The van der Waals surface area contributed by atoms with Crippen LogP contribution in [0.1, 0.15) is 39.2 Å². The van der Waals surface area contributed by atoms with Crippen LogP contribution < -0.4 is 0 Å². The van der Waals surface area contributed by atoms with Gasteiger partial charge in [0.05, 0.1) is 0 Å². The Morgan fingerprint density at radius 2 is 1.96 bits per heavy atom. The van der Waals surface area contributed by atoms with E-state index in [1.165, 1.54) is 16.7 Å². The van der Waals surface area contributed by atoms with E-state index >= 15 is 0 Å². The van der Waals surface area contributed by atoms with E-state index in [0.717, 1.165) is 5.56 Å². The lowest BCUT2D eigenvalue weighted by molar-refractivity contribution is -0.141. The Bertz CT molecular complexity index is 584. The van der Waals surface area contributed by atoms with Gasteiger partial charge in [-0.05, 0) is 39.2 Å². The predicted octanol–water partition coefficient (Wildman–Crippen LogP) is 3.77. The van der Waals surface area contributed by atoms with Crippen LogP contribution in [0.3, 0.4) is 0 Å². The van der Waals surface area contributed by atoms with E-state index in [0.29, 0.717) is 25.1 Å². The number of rotatable bonds is 4. The number of carboxylic acids is 1. The van der Waals surface area contributed by atoms with E-state index in [9.17, 15) is 14.7 Å². The van der Waals surface area contributed by atoms with Gasteiger partial charge in [-0.15, -0.1) is 11.8 Å². The van der Waals surface area contributed by atoms with Crippen LogP contribution in [0.2, 0.25) is 0 Å². The highest BCUT2D eigenvalue weighted by Gasteiger charge is 2.45. The molecule has 0 radical (unpaired) electrons. The number of carbonyl (C=O) groups excluding carboxylic acids is 1. The number of carbonyl (C=O) groups is 2. The normalized spacial score (nSPS) is 21.4. The molecule has 1 unspecified atom stereocenters. The monoisotopic (exact) mass is 351 g/mol. The maximum Gasteiger partial charge on any atom is 0.410 e. The van der Waals surface area contributed by atoms with E-state index in [1.54, 1.807) is 0 Å². The highest BCUT2D eigenvalue weighted by atomic mass is 32.2. The molecule has 1 fully saturated rings. The van der Waals surface area contributed by atoms with Crippen molar-refractivity contribution < 1.29 is 19.4 Å². The van der Waals surface area contributed by atoms with Crippen LogP contribution in [0.25, 0.3) is 0 Å². The second-order valence-corrected chi connectivity index (χ2v) is 8.44. The topological polar surface area (TPSA) is 66.8 Å². The predicted molar refractivity (Wildman–Crippen MR) is 95.1 cm³/mol. The van der Waals surface area contributed by atoms with Crippen molar-refractivity contribution in [3.05, 3.63) is 35.9 Å². The van der Waals surface area contributed by atoms with Gasteiger partial charge < -0.3 is 14.7 Å². The molecule has 6 heteroatoms. The molecule has 1 aromatic carbocycles. The number of benzene rings is 1. The van der Waals surface area contributed by atoms with Crippen LogP contribution in [0, 0.1) is 0 Å². The molecule has 1 amide bonds. The third-order valence-corrected chi connectivity index (χ3v) is 5.39. The Labute approximate surface area is 147 Å². The molecule has 0 bridgehead atoms. The van der Waals surface area contributed by atoms with Gasteiger partial charge >= 0.3 is 12.1 Å². The van der Waals surface area contributed by atoms with Crippen molar-refractivity contribution in [2.45, 2.75) is 49.7 Å².